The van der Waals surface area contributed by atoms with Crippen molar-refractivity contribution in [1.29, 1.82) is 0 Å². The molecule has 0 aromatic heterocycles. The summed E-state index contributed by atoms with van der Waals surface area (Å²) in [4.78, 5) is 14.4. The van der Waals surface area contributed by atoms with Crippen molar-refractivity contribution in [1.82, 2.24) is 10.9 Å². The van der Waals surface area contributed by atoms with Gasteiger partial charge in [-0.05, 0) is 36.2 Å². The van der Waals surface area contributed by atoms with E-state index in [9.17, 15) is 13.6 Å². The first-order chi connectivity index (χ1) is 12.6. The molecule has 7 heteroatoms. The molecule has 2 heterocycles. The van der Waals surface area contributed by atoms with Gasteiger partial charge in [0.05, 0.1) is 5.69 Å². The number of hydrogen-bond donors (Lipinski definition) is 3. The Hall–Kier alpha value is -2.51. The number of carbonyl (C=O) groups excluding carboxylic acids is 1. The van der Waals surface area contributed by atoms with Gasteiger partial charge < -0.3 is 10.2 Å². The molecule has 5 nitrogen and oxygen atoms in total. The van der Waals surface area contributed by atoms with Gasteiger partial charge in [-0.3, -0.25) is 15.6 Å². The van der Waals surface area contributed by atoms with Crippen LogP contribution in [0.15, 0.2) is 42.5 Å². The molecular weight excluding hydrogens is 338 g/mol. The summed E-state index contributed by atoms with van der Waals surface area (Å²) in [6.07, 6.45) is 0.563. The van der Waals surface area contributed by atoms with Crippen LogP contribution in [0.25, 0.3) is 0 Å². The van der Waals surface area contributed by atoms with Gasteiger partial charge in [-0.1, -0.05) is 12.1 Å². The zero-order valence-electron chi connectivity index (χ0n) is 14.1. The summed E-state index contributed by atoms with van der Waals surface area (Å²) in [5, 5.41) is 2.89. The van der Waals surface area contributed by atoms with E-state index >= 15 is 0 Å². The van der Waals surface area contributed by atoms with Gasteiger partial charge in [-0.2, -0.15) is 0 Å². The van der Waals surface area contributed by atoms with Crippen LogP contribution in [0.2, 0.25) is 0 Å². The van der Waals surface area contributed by atoms with Crippen molar-refractivity contribution in [2.24, 2.45) is 0 Å². The van der Waals surface area contributed by atoms with Crippen LogP contribution in [0, 0.1) is 11.6 Å². The summed E-state index contributed by atoms with van der Waals surface area (Å²) in [7, 11) is 0. The predicted molar refractivity (Wildman–Crippen MR) is 95.9 cm³/mol. The van der Waals surface area contributed by atoms with Gasteiger partial charge in [0, 0.05) is 37.3 Å². The lowest BCUT2D eigenvalue weighted by Crippen LogP contribution is -2.33. The second-order valence-electron chi connectivity index (χ2n) is 6.65. The van der Waals surface area contributed by atoms with Crippen LogP contribution >= 0.6 is 0 Å². The van der Waals surface area contributed by atoms with Crippen LogP contribution in [0.4, 0.5) is 20.2 Å². The molecule has 1 atom stereocenters. The number of nitrogens with one attached hydrogen (secondary N) is 3. The van der Waals surface area contributed by atoms with E-state index < -0.39 is 17.7 Å². The second-order valence-corrected chi connectivity index (χ2v) is 6.65. The van der Waals surface area contributed by atoms with E-state index in [4.69, 9.17) is 0 Å². The SMILES string of the molecule is O=C1C(Nc2ccc(F)cc2F)CCN1c1ccc(C2CNNC2)cc1. The maximum atomic E-state index is 13.8. The highest BCUT2D eigenvalue weighted by Gasteiger charge is 2.33. The number of hydrazine groups is 1. The molecule has 2 aromatic carbocycles. The molecule has 1 amide bonds. The molecule has 0 radical (unpaired) electrons. The number of hydrogen-bond acceptors (Lipinski definition) is 4. The van der Waals surface area contributed by atoms with Crippen molar-refractivity contribution in [3.05, 3.63) is 59.7 Å². The number of benzene rings is 2. The zero-order valence-corrected chi connectivity index (χ0v) is 14.1. The average molecular weight is 358 g/mol. The molecule has 0 aliphatic carbocycles. The highest BCUT2D eigenvalue weighted by Crippen LogP contribution is 2.27. The van der Waals surface area contributed by atoms with Crippen LogP contribution in [-0.2, 0) is 4.79 Å². The fraction of sp³-hybridized carbons (Fsp3) is 0.316. The first-order valence-corrected chi connectivity index (χ1v) is 8.70. The number of rotatable bonds is 4. The van der Waals surface area contributed by atoms with Crippen molar-refractivity contribution in [2.45, 2.75) is 18.4 Å². The summed E-state index contributed by atoms with van der Waals surface area (Å²) in [6, 6.07) is 10.8. The monoisotopic (exact) mass is 358 g/mol. The van der Waals surface area contributed by atoms with E-state index in [-0.39, 0.29) is 11.6 Å². The Balaban J connectivity index is 1.45. The van der Waals surface area contributed by atoms with Gasteiger partial charge in [-0.25, -0.2) is 8.78 Å². The van der Waals surface area contributed by atoms with Gasteiger partial charge in [-0.15, -0.1) is 0 Å². The molecule has 136 valence electrons. The molecule has 2 aliphatic rings. The molecule has 1 unspecified atom stereocenters. The third-order valence-electron chi connectivity index (χ3n) is 4.96. The zero-order chi connectivity index (χ0) is 18.1. The lowest BCUT2D eigenvalue weighted by atomic mass is 10.00. The summed E-state index contributed by atoms with van der Waals surface area (Å²) < 4.78 is 26.8. The summed E-state index contributed by atoms with van der Waals surface area (Å²) in [6.45, 7) is 2.33. The lowest BCUT2D eigenvalue weighted by Gasteiger charge is -2.19. The molecule has 3 N–H and O–H groups in total. The third-order valence-corrected chi connectivity index (χ3v) is 4.96. The molecule has 0 spiro atoms. The number of halogens is 2. The molecule has 2 aromatic rings. The Morgan fingerprint density at radius 1 is 1.04 bits per heavy atom. The van der Waals surface area contributed by atoms with Crippen molar-refractivity contribution < 1.29 is 13.6 Å². The highest BCUT2D eigenvalue weighted by molar-refractivity contribution is 6.01. The van der Waals surface area contributed by atoms with Gasteiger partial charge in [0.2, 0.25) is 5.91 Å². The Labute approximate surface area is 150 Å². The van der Waals surface area contributed by atoms with E-state index in [0.717, 1.165) is 24.8 Å². The van der Waals surface area contributed by atoms with Gasteiger partial charge in [0.15, 0.2) is 0 Å². The number of amides is 1. The topological polar surface area (TPSA) is 56.4 Å². The largest absolute Gasteiger partial charge is 0.371 e. The molecular formula is C19H20F2N4O. The van der Waals surface area contributed by atoms with Crippen molar-refractivity contribution >= 4 is 17.3 Å². The minimum Gasteiger partial charge on any atom is -0.371 e. The third kappa shape index (κ3) is 3.27. The summed E-state index contributed by atoms with van der Waals surface area (Å²) >= 11 is 0. The summed E-state index contributed by atoms with van der Waals surface area (Å²) in [5.41, 5.74) is 8.42. The standard InChI is InChI=1S/C19H20F2N4O/c20-14-3-6-17(16(21)9-14)24-18-7-8-25(19(18)26)15-4-1-12(2-5-15)13-10-22-23-11-13/h1-6,9,13,18,22-24H,7-8,10-11H2. The molecule has 2 fully saturated rings. The van der Waals surface area contributed by atoms with E-state index in [1.807, 2.05) is 24.3 Å². The van der Waals surface area contributed by atoms with Crippen molar-refractivity contribution in [3.8, 4) is 0 Å². The van der Waals surface area contributed by atoms with Crippen LogP contribution in [-0.4, -0.2) is 31.6 Å². The first kappa shape index (κ1) is 16.9. The van der Waals surface area contributed by atoms with E-state index in [0.29, 0.717) is 18.9 Å². The van der Waals surface area contributed by atoms with Gasteiger partial charge in [0.1, 0.15) is 17.7 Å². The second kappa shape index (κ2) is 7.01. The fourth-order valence-electron chi connectivity index (χ4n) is 3.49. The van der Waals surface area contributed by atoms with Crippen LogP contribution < -0.4 is 21.1 Å². The van der Waals surface area contributed by atoms with Crippen LogP contribution in [0.5, 0.6) is 0 Å². The van der Waals surface area contributed by atoms with Crippen LogP contribution in [0.3, 0.4) is 0 Å². The van der Waals surface area contributed by atoms with Crippen molar-refractivity contribution in [3.63, 3.8) is 0 Å². The average Bonchev–Trinajstić information content (AvgIpc) is 3.28. The highest BCUT2D eigenvalue weighted by atomic mass is 19.1. The quantitative estimate of drug-likeness (QED) is 0.786. The Bertz CT molecular complexity index is 806. The molecule has 2 saturated heterocycles. The maximum absolute atomic E-state index is 13.8. The Kier molecular flexibility index (Phi) is 4.57. The fourth-order valence-corrected chi connectivity index (χ4v) is 3.49. The number of anilines is 2. The van der Waals surface area contributed by atoms with E-state index in [1.54, 1.807) is 4.90 Å². The van der Waals surface area contributed by atoms with E-state index in [2.05, 4.69) is 16.2 Å². The lowest BCUT2D eigenvalue weighted by molar-refractivity contribution is -0.117. The van der Waals surface area contributed by atoms with Crippen LogP contribution in [0.1, 0.15) is 17.9 Å². The number of nitrogens with zero attached hydrogens (tertiary/aromatic N) is 1. The normalized spacial score (nSPS) is 20.8. The molecule has 0 saturated carbocycles. The predicted octanol–water partition coefficient (Wildman–Crippen LogP) is 2.37. The molecule has 4 rings (SSSR count). The Morgan fingerprint density at radius 2 is 1.77 bits per heavy atom. The van der Waals surface area contributed by atoms with Gasteiger partial charge >= 0.3 is 0 Å². The van der Waals surface area contributed by atoms with Crippen molar-refractivity contribution in [2.75, 3.05) is 29.9 Å². The molecule has 0 bridgehead atoms. The first-order valence-electron chi connectivity index (χ1n) is 8.70. The van der Waals surface area contributed by atoms with E-state index in [1.165, 1.54) is 17.7 Å². The minimum absolute atomic E-state index is 0.106. The van der Waals surface area contributed by atoms with Gasteiger partial charge in [0.25, 0.3) is 0 Å². The molecule has 2 aliphatic heterocycles. The maximum Gasteiger partial charge on any atom is 0.249 e. The molecule has 26 heavy (non-hydrogen) atoms. The smallest absolute Gasteiger partial charge is 0.249 e. The Morgan fingerprint density at radius 3 is 2.46 bits per heavy atom. The minimum atomic E-state index is -0.695. The summed E-state index contributed by atoms with van der Waals surface area (Å²) in [5.74, 6) is -1.01. The number of carbonyl (C=O) groups is 1.